The lowest BCUT2D eigenvalue weighted by Gasteiger charge is -2.11. The van der Waals surface area contributed by atoms with Gasteiger partial charge in [-0.05, 0) is 6.92 Å². The Labute approximate surface area is 84.5 Å². The molecular weight excluding hydrogens is 211 g/mol. The highest BCUT2D eigenvalue weighted by Gasteiger charge is 2.35. The normalized spacial score (nSPS) is 11.3. The number of methoxy groups -OCH3 is 1. The second kappa shape index (κ2) is 4.33. The number of ether oxygens (including phenoxy) is 1. The van der Waals surface area contributed by atoms with Crippen LogP contribution >= 0.6 is 0 Å². The van der Waals surface area contributed by atoms with Crippen LogP contribution in [0.15, 0.2) is 6.20 Å². The summed E-state index contributed by atoms with van der Waals surface area (Å²) in [5.41, 5.74) is -0.980. The zero-order chi connectivity index (χ0) is 11.5. The van der Waals surface area contributed by atoms with Gasteiger partial charge in [0.1, 0.15) is 5.56 Å². The van der Waals surface area contributed by atoms with Crippen molar-refractivity contribution in [1.82, 2.24) is 9.97 Å². The molecule has 0 spiro atoms. The highest BCUT2D eigenvalue weighted by Crippen LogP contribution is 2.34. The Morgan fingerprint density at radius 3 is 2.60 bits per heavy atom. The minimum Gasteiger partial charge on any atom is -0.480 e. The average molecular weight is 221 g/mol. The van der Waals surface area contributed by atoms with Crippen molar-refractivity contribution in [3.63, 3.8) is 0 Å². The summed E-state index contributed by atoms with van der Waals surface area (Å²) >= 11 is 0. The summed E-state index contributed by atoms with van der Waals surface area (Å²) in [5, 5.41) is 2.69. The summed E-state index contributed by atoms with van der Waals surface area (Å²) in [6, 6.07) is 0. The molecule has 1 aromatic rings. The van der Waals surface area contributed by atoms with Crippen molar-refractivity contribution in [2.75, 3.05) is 19.0 Å². The average Bonchev–Trinajstić information content (AvgIpc) is 2.16. The lowest BCUT2D eigenvalue weighted by Crippen LogP contribution is -2.11. The fourth-order valence-corrected chi connectivity index (χ4v) is 0.960. The van der Waals surface area contributed by atoms with E-state index in [1.807, 2.05) is 0 Å². The van der Waals surface area contributed by atoms with Gasteiger partial charge < -0.3 is 10.1 Å². The number of aromatic nitrogens is 2. The maximum absolute atomic E-state index is 12.4. The zero-order valence-corrected chi connectivity index (χ0v) is 8.22. The summed E-state index contributed by atoms with van der Waals surface area (Å²) in [6.45, 7) is 2.31. The fourth-order valence-electron chi connectivity index (χ4n) is 0.960. The molecule has 15 heavy (non-hydrogen) atoms. The first kappa shape index (κ1) is 11.5. The Kier molecular flexibility index (Phi) is 3.33. The quantitative estimate of drug-likeness (QED) is 0.847. The van der Waals surface area contributed by atoms with Gasteiger partial charge in [0.2, 0.25) is 11.8 Å². The molecule has 1 heterocycles. The first-order valence-corrected chi connectivity index (χ1v) is 4.21. The van der Waals surface area contributed by atoms with Gasteiger partial charge in [-0.1, -0.05) is 0 Å². The topological polar surface area (TPSA) is 47.0 Å². The van der Waals surface area contributed by atoms with Crippen LogP contribution in [0.3, 0.4) is 0 Å². The standard InChI is InChI=1S/C8H10F3N3O/c1-3-12-7-13-4-5(8(9,10)11)6(14-7)15-2/h4H,3H2,1-2H3,(H,12,13,14). The highest BCUT2D eigenvalue weighted by molar-refractivity contribution is 5.34. The number of halogens is 3. The number of rotatable bonds is 3. The van der Waals surface area contributed by atoms with Gasteiger partial charge in [0.05, 0.1) is 7.11 Å². The Bertz CT molecular complexity index is 340. The summed E-state index contributed by atoms with van der Waals surface area (Å²) in [5.74, 6) is -0.365. The van der Waals surface area contributed by atoms with Crippen molar-refractivity contribution >= 4 is 5.95 Å². The van der Waals surface area contributed by atoms with Gasteiger partial charge in [-0.15, -0.1) is 0 Å². The Balaban J connectivity index is 3.09. The van der Waals surface area contributed by atoms with E-state index in [1.54, 1.807) is 6.92 Å². The minimum absolute atomic E-state index is 0.113. The van der Waals surface area contributed by atoms with Gasteiger partial charge in [0.15, 0.2) is 0 Å². The third-order valence-corrected chi connectivity index (χ3v) is 1.59. The van der Waals surface area contributed by atoms with Crippen LogP contribution in [0.5, 0.6) is 5.88 Å². The molecule has 4 nitrogen and oxygen atoms in total. The maximum Gasteiger partial charge on any atom is 0.423 e. The molecule has 0 saturated heterocycles. The number of nitrogens with zero attached hydrogens (tertiary/aromatic N) is 2. The first-order valence-electron chi connectivity index (χ1n) is 4.21. The fraction of sp³-hybridized carbons (Fsp3) is 0.500. The predicted molar refractivity (Wildman–Crippen MR) is 47.7 cm³/mol. The highest BCUT2D eigenvalue weighted by atomic mass is 19.4. The van der Waals surface area contributed by atoms with Crippen LogP contribution in [0.25, 0.3) is 0 Å². The van der Waals surface area contributed by atoms with E-state index in [0.29, 0.717) is 12.7 Å². The van der Waals surface area contributed by atoms with Crippen LogP contribution in [0.2, 0.25) is 0 Å². The molecule has 0 atom stereocenters. The molecule has 0 aliphatic heterocycles. The van der Waals surface area contributed by atoms with Crippen molar-refractivity contribution < 1.29 is 17.9 Å². The number of hydrogen-bond acceptors (Lipinski definition) is 4. The van der Waals surface area contributed by atoms with Crippen molar-refractivity contribution in [3.8, 4) is 5.88 Å². The van der Waals surface area contributed by atoms with Crippen molar-refractivity contribution in [2.24, 2.45) is 0 Å². The molecule has 0 fully saturated rings. The van der Waals surface area contributed by atoms with Crippen molar-refractivity contribution in [1.29, 1.82) is 0 Å². The van der Waals surface area contributed by atoms with Crippen LogP contribution in [0.1, 0.15) is 12.5 Å². The van der Waals surface area contributed by atoms with Gasteiger partial charge in [-0.3, -0.25) is 0 Å². The predicted octanol–water partition coefficient (Wildman–Crippen LogP) is 1.94. The first-order chi connectivity index (χ1) is 6.99. The van der Waals surface area contributed by atoms with E-state index in [4.69, 9.17) is 0 Å². The summed E-state index contributed by atoms with van der Waals surface area (Å²) < 4.78 is 41.7. The summed E-state index contributed by atoms with van der Waals surface area (Å²) in [7, 11) is 1.13. The molecule has 0 bridgehead atoms. The van der Waals surface area contributed by atoms with Gasteiger partial charge in [0.25, 0.3) is 0 Å². The zero-order valence-electron chi connectivity index (χ0n) is 8.22. The third-order valence-electron chi connectivity index (χ3n) is 1.59. The van der Waals surface area contributed by atoms with Gasteiger partial charge in [-0.2, -0.15) is 18.2 Å². The summed E-state index contributed by atoms with van der Waals surface area (Å²) in [6.07, 6.45) is -3.81. The van der Waals surface area contributed by atoms with Crippen molar-refractivity contribution in [3.05, 3.63) is 11.8 Å². The minimum atomic E-state index is -4.50. The molecule has 0 aliphatic rings. The lowest BCUT2D eigenvalue weighted by molar-refractivity contribution is -0.139. The Morgan fingerprint density at radius 1 is 1.47 bits per heavy atom. The smallest absolute Gasteiger partial charge is 0.423 e. The van der Waals surface area contributed by atoms with Crippen LogP contribution in [0.4, 0.5) is 19.1 Å². The van der Waals surface area contributed by atoms with Crippen LogP contribution in [-0.2, 0) is 6.18 Å². The SMILES string of the molecule is CCNc1ncc(C(F)(F)F)c(OC)n1. The molecule has 0 aliphatic carbocycles. The number of nitrogens with one attached hydrogen (secondary N) is 1. The van der Waals surface area contributed by atoms with Crippen LogP contribution in [-0.4, -0.2) is 23.6 Å². The molecule has 7 heteroatoms. The number of hydrogen-bond donors (Lipinski definition) is 1. The molecule has 1 N–H and O–H groups in total. The third kappa shape index (κ3) is 2.71. The number of alkyl halides is 3. The molecule has 0 radical (unpaired) electrons. The Morgan fingerprint density at radius 2 is 2.13 bits per heavy atom. The molecule has 84 valence electrons. The van der Waals surface area contributed by atoms with E-state index in [0.717, 1.165) is 7.11 Å². The molecule has 0 saturated carbocycles. The van der Waals surface area contributed by atoms with Gasteiger partial charge in [-0.25, -0.2) is 4.98 Å². The molecular formula is C8H10F3N3O. The second-order valence-corrected chi connectivity index (χ2v) is 2.64. The van der Waals surface area contributed by atoms with E-state index in [2.05, 4.69) is 20.0 Å². The van der Waals surface area contributed by atoms with Crippen LogP contribution < -0.4 is 10.1 Å². The largest absolute Gasteiger partial charge is 0.480 e. The van der Waals surface area contributed by atoms with E-state index in [1.165, 1.54) is 0 Å². The molecule has 1 rings (SSSR count). The Hall–Kier alpha value is -1.53. The van der Waals surface area contributed by atoms with E-state index in [-0.39, 0.29) is 5.95 Å². The molecule has 0 aromatic carbocycles. The molecule has 0 unspecified atom stereocenters. The molecule has 1 aromatic heterocycles. The lowest BCUT2D eigenvalue weighted by atomic mass is 10.3. The van der Waals surface area contributed by atoms with Crippen LogP contribution in [0, 0.1) is 0 Å². The number of anilines is 1. The van der Waals surface area contributed by atoms with Gasteiger partial charge >= 0.3 is 6.18 Å². The van der Waals surface area contributed by atoms with E-state index < -0.39 is 17.6 Å². The van der Waals surface area contributed by atoms with E-state index in [9.17, 15) is 13.2 Å². The monoisotopic (exact) mass is 221 g/mol. The van der Waals surface area contributed by atoms with E-state index >= 15 is 0 Å². The van der Waals surface area contributed by atoms with Crippen molar-refractivity contribution in [2.45, 2.75) is 13.1 Å². The summed E-state index contributed by atoms with van der Waals surface area (Å²) in [4.78, 5) is 7.10. The van der Waals surface area contributed by atoms with Gasteiger partial charge in [0, 0.05) is 12.7 Å². The second-order valence-electron chi connectivity index (χ2n) is 2.64. The molecule has 0 amide bonds. The maximum atomic E-state index is 12.4.